The van der Waals surface area contributed by atoms with Crippen LogP contribution in [0.5, 0.6) is 0 Å². The van der Waals surface area contributed by atoms with Gasteiger partial charge in [-0.05, 0) is 18.4 Å². The maximum absolute atomic E-state index is 12.4. The number of H-pyrrole nitrogens is 1. The van der Waals surface area contributed by atoms with Crippen LogP contribution < -0.4 is 0 Å². The van der Waals surface area contributed by atoms with E-state index in [1.165, 1.54) is 16.8 Å². The van der Waals surface area contributed by atoms with Crippen molar-refractivity contribution in [3.63, 3.8) is 0 Å². The van der Waals surface area contributed by atoms with Gasteiger partial charge in [-0.1, -0.05) is 37.3 Å². The lowest BCUT2D eigenvalue weighted by molar-refractivity contribution is 0.243. The van der Waals surface area contributed by atoms with Crippen molar-refractivity contribution >= 4 is 10.0 Å². The molecule has 0 amide bonds. The van der Waals surface area contributed by atoms with E-state index in [1.807, 2.05) is 13.0 Å². The van der Waals surface area contributed by atoms with Crippen LogP contribution in [0.25, 0.3) is 0 Å². The average molecular weight is 389 g/mol. The Morgan fingerprint density at radius 3 is 2.81 bits per heavy atom. The summed E-state index contributed by atoms with van der Waals surface area (Å²) in [6.07, 6.45) is 2.49. The van der Waals surface area contributed by atoms with Crippen LogP contribution in [0.2, 0.25) is 0 Å². The number of nitrogens with one attached hydrogen (secondary N) is 1. The molecule has 2 aliphatic heterocycles. The highest BCUT2D eigenvalue weighted by Gasteiger charge is 2.35. The average Bonchev–Trinajstić information content (AvgIpc) is 3.29. The summed E-state index contributed by atoms with van der Waals surface area (Å²) in [5.74, 6) is 0.441. The molecule has 0 aliphatic carbocycles. The summed E-state index contributed by atoms with van der Waals surface area (Å²) in [5.41, 5.74) is 4.92. The normalized spacial score (nSPS) is 21.4. The maximum Gasteiger partial charge on any atom is 0.214 e. The van der Waals surface area contributed by atoms with Crippen molar-refractivity contribution in [1.82, 2.24) is 19.4 Å². The fourth-order valence-electron chi connectivity index (χ4n) is 4.28. The van der Waals surface area contributed by atoms with E-state index >= 15 is 0 Å². The second kappa shape index (κ2) is 7.73. The Kier molecular flexibility index (Phi) is 5.34. The molecule has 0 saturated carbocycles. The minimum absolute atomic E-state index is 0.202. The maximum atomic E-state index is 12.4. The molecule has 1 atom stereocenters. The standard InChI is InChI=1S/C20H28N4O2S/c1-2-12-27(25,26)24-11-8-17(14-24)20-18-15-23(10-9-19(18)21-22-20)13-16-6-4-3-5-7-16/h3-7,17H,2,8-15H2,1H3,(H,21,22). The minimum atomic E-state index is -3.12. The summed E-state index contributed by atoms with van der Waals surface area (Å²) >= 11 is 0. The van der Waals surface area contributed by atoms with E-state index in [-0.39, 0.29) is 11.7 Å². The molecule has 2 aromatic rings. The van der Waals surface area contributed by atoms with Gasteiger partial charge < -0.3 is 0 Å². The molecule has 0 spiro atoms. The van der Waals surface area contributed by atoms with Gasteiger partial charge in [-0.3, -0.25) is 10.00 Å². The third-order valence-corrected chi connectivity index (χ3v) is 7.73. The fourth-order valence-corrected chi connectivity index (χ4v) is 5.84. The van der Waals surface area contributed by atoms with Crippen LogP contribution in [0, 0.1) is 0 Å². The molecule has 6 nitrogen and oxygen atoms in total. The Balaban J connectivity index is 1.47. The highest BCUT2D eigenvalue weighted by molar-refractivity contribution is 7.89. The first kappa shape index (κ1) is 18.7. The monoisotopic (exact) mass is 388 g/mol. The van der Waals surface area contributed by atoms with Crippen molar-refractivity contribution in [3.05, 3.63) is 52.8 Å². The van der Waals surface area contributed by atoms with Gasteiger partial charge in [0.15, 0.2) is 0 Å². The Hall–Kier alpha value is -1.70. The van der Waals surface area contributed by atoms with Gasteiger partial charge in [-0.2, -0.15) is 5.10 Å². The zero-order valence-corrected chi connectivity index (χ0v) is 16.7. The van der Waals surface area contributed by atoms with E-state index in [1.54, 1.807) is 4.31 Å². The lowest BCUT2D eigenvalue weighted by Gasteiger charge is -2.27. The molecule has 27 heavy (non-hydrogen) atoms. The second-order valence-corrected chi connectivity index (χ2v) is 9.76. The lowest BCUT2D eigenvalue weighted by Crippen LogP contribution is -2.31. The van der Waals surface area contributed by atoms with Crippen LogP contribution in [-0.2, 0) is 29.5 Å². The van der Waals surface area contributed by atoms with Crippen LogP contribution in [0.4, 0.5) is 0 Å². The molecule has 3 heterocycles. The van der Waals surface area contributed by atoms with Crippen molar-refractivity contribution in [3.8, 4) is 0 Å². The van der Waals surface area contributed by atoms with Gasteiger partial charge in [-0.15, -0.1) is 0 Å². The van der Waals surface area contributed by atoms with Gasteiger partial charge in [0.1, 0.15) is 0 Å². The number of rotatable bonds is 6. The number of hydrogen-bond donors (Lipinski definition) is 1. The first-order valence-electron chi connectivity index (χ1n) is 9.87. The molecular formula is C20H28N4O2S. The van der Waals surface area contributed by atoms with Crippen molar-refractivity contribution < 1.29 is 8.42 Å². The number of benzene rings is 1. The molecule has 1 saturated heterocycles. The van der Waals surface area contributed by atoms with Crippen molar-refractivity contribution in [1.29, 1.82) is 0 Å². The molecule has 1 fully saturated rings. The van der Waals surface area contributed by atoms with Crippen molar-refractivity contribution in [2.24, 2.45) is 0 Å². The van der Waals surface area contributed by atoms with E-state index in [0.29, 0.717) is 19.5 Å². The van der Waals surface area contributed by atoms with Crippen LogP contribution in [0.1, 0.15) is 48.2 Å². The van der Waals surface area contributed by atoms with Gasteiger partial charge >= 0.3 is 0 Å². The number of aromatic amines is 1. The van der Waals surface area contributed by atoms with E-state index in [0.717, 1.165) is 38.2 Å². The van der Waals surface area contributed by atoms with E-state index in [2.05, 4.69) is 39.4 Å². The molecule has 7 heteroatoms. The van der Waals surface area contributed by atoms with Gasteiger partial charge in [0, 0.05) is 56.3 Å². The van der Waals surface area contributed by atoms with Gasteiger partial charge in [0.2, 0.25) is 10.0 Å². The predicted octanol–water partition coefficient (Wildman–Crippen LogP) is 2.50. The molecule has 0 radical (unpaired) electrons. The predicted molar refractivity (Wildman–Crippen MR) is 106 cm³/mol. The smallest absolute Gasteiger partial charge is 0.214 e. The highest BCUT2D eigenvalue weighted by atomic mass is 32.2. The highest BCUT2D eigenvalue weighted by Crippen LogP contribution is 2.33. The van der Waals surface area contributed by atoms with E-state index < -0.39 is 10.0 Å². The third-order valence-electron chi connectivity index (χ3n) is 5.69. The van der Waals surface area contributed by atoms with E-state index in [9.17, 15) is 8.42 Å². The topological polar surface area (TPSA) is 69.3 Å². The number of hydrogen-bond acceptors (Lipinski definition) is 4. The summed E-state index contributed by atoms with van der Waals surface area (Å²) in [4.78, 5) is 2.46. The summed E-state index contributed by atoms with van der Waals surface area (Å²) in [6, 6.07) is 10.5. The molecule has 146 valence electrons. The Morgan fingerprint density at radius 1 is 1.22 bits per heavy atom. The zero-order valence-electron chi connectivity index (χ0n) is 15.9. The number of nitrogens with zero attached hydrogens (tertiary/aromatic N) is 3. The summed E-state index contributed by atoms with van der Waals surface area (Å²) < 4.78 is 26.4. The molecule has 1 unspecified atom stereocenters. The second-order valence-electron chi connectivity index (χ2n) is 7.67. The summed E-state index contributed by atoms with van der Waals surface area (Å²) in [6.45, 7) is 5.93. The van der Waals surface area contributed by atoms with Crippen molar-refractivity contribution in [2.75, 3.05) is 25.4 Å². The first-order valence-corrected chi connectivity index (χ1v) is 11.5. The fraction of sp³-hybridized carbons (Fsp3) is 0.550. The largest absolute Gasteiger partial charge is 0.294 e. The van der Waals surface area contributed by atoms with Crippen LogP contribution in [-0.4, -0.2) is 53.2 Å². The SMILES string of the molecule is CCCS(=O)(=O)N1CCC(c2n[nH]c3c2CN(Cc2ccccc2)CC3)C1. The summed E-state index contributed by atoms with van der Waals surface area (Å²) in [7, 11) is -3.12. The molecule has 4 rings (SSSR count). The number of aromatic nitrogens is 2. The van der Waals surface area contributed by atoms with Gasteiger partial charge in [0.25, 0.3) is 0 Å². The molecule has 0 bridgehead atoms. The van der Waals surface area contributed by atoms with Crippen LogP contribution >= 0.6 is 0 Å². The third kappa shape index (κ3) is 3.95. The van der Waals surface area contributed by atoms with Crippen LogP contribution in [0.3, 0.4) is 0 Å². The minimum Gasteiger partial charge on any atom is -0.294 e. The summed E-state index contributed by atoms with van der Waals surface area (Å²) in [5, 5.41) is 7.83. The van der Waals surface area contributed by atoms with Crippen molar-refractivity contribution in [2.45, 2.75) is 45.2 Å². The van der Waals surface area contributed by atoms with Crippen LogP contribution in [0.15, 0.2) is 30.3 Å². The molecule has 2 aliphatic rings. The molecule has 1 N–H and O–H groups in total. The Bertz CT molecular complexity index is 879. The Morgan fingerprint density at radius 2 is 2.04 bits per heavy atom. The number of fused-ring (bicyclic) bond motifs is 1. The first-order chi connectivity index (χ1) is 13.1. The Labute approximate surface area is 161 Å². The van der Waals surface area contributed by atoms with Gasteiger partial charge in [-0.25, -0.2) is 12.7 Å². The number of sulfonamides is 1. The zero-order chi connectivity index (χ0) is 18.9. The molecular weight excluding hydrogens is 360 g/mol. The lowest BCUT2D eigenvalue weighted by atomic mass is 9.96. The van der Waals surface area contributed by atoms with E-state index in [4.69, 9.17) is 0 Å². The quantitative estimate of drug-likeness (QED) is 0.825. The van der Waals surface area contributed by atoms with Gasteiger partial charge in [0.05, 0.1) is 11.4 Å². The molecule has 1 aromatic heterocycles. The molecule has 1 aromatic carbocycles.